The van der Waals surface area contributed by atoms with Crippen molar-refractivity contribution in [2.45, 2.75) is 45.1 Å². The second-order valence-corrected chi connectivity index (χ2v) is 6.30. The molecule has 0 fully saturated rings. The third kappa shape index (κ3) is 12.7. The number of nitriles is 1. The highest BCUT2D eigenvalue weighted by Gasteiger charge is 2.31. The molecule has 0 radical (unpaired) electrons. The molecular formula is C22H26F3N3O5. The van der Waals surface area contributed by atoms with E-state index in [4.69, 9.17) is 26.9 Å². The van der Waals surface area contributed by atoms with Gasteiger partial charge in [-0.25, -0.2) is 0 Å². The normalized spacial score (nSPS) is 11.9. The van der Waals surface area contributed by atoms with Crippen molar-refractivity contribution in [3.8, 4) is 11.8 Å². The fourth-order valence-electron chi connectivity index (χ4n) is 2.27. The molecule has 2 atom stereocenters. The summed E-state index contributed by atoms with van der Waals surface area (Å²) in [5.41, 5.74) is 12.4. The molecule has 180 valence electrons. The minimum atomic E-state index is -4.77. The standard InChI is InChI=1S/C10H10F3NO3.C10H10N2O2.C2H6/c11-10(12,13)17-7-3-1-2-6(4-7)5-8(14)9(15)16;11-6-8-3-1-7(2-4-8)5-9(12)10(13)14;1-2/h1-4,8H,5,14H2,(H,15,16);1-4,9H,5,12H2,(H,13,14);1-2H3. The molecular weight excluding hydrogens is 443 g/mol. The molecule has 0 spiro atoms. The first-order valence-corrected chi connectivity index (χ1v) is 9.71. The zero-order valence-corrected chi connectivity index (χ0v) is 18.0. The molecule has 0 bridgehead atoms. The second-order valence-electron chi connectivity index (χ2n) is 6.30. The van der Waals surface area contributed by atoms with Gasteiger partial charge in [-0.3, -0.25) is 9.59 Å². The van der Waals surface area contributed by atoms with Gasteiger partial charge in [-0.2, -0.15) is 5.26 Å². The highest BCUT2D eigenvalue weighted by Crippen LogP contribution is 2.23. The molecule has 0 saturated heterocycles. The maximum atomic E-state index is 11.9. The number of carboxylic acid groups (broad SMARTS) is 2. The third-order valence-corrected chi connectivity index (χ3v) is 3.76. The van der Waals surface area contributed by atoms with E-state index in [1.807, 2.05) is 19.9 Å². The fourth-order valence-corrected chi connectivity index (χ4v) is 2.27. The van der Waals surface area contributed by atoms with Crippen LogP contribution in [0, 0.1) is 11.3 Å². The number of ether oxygens (including phenoxy) is 1. The van der Waals surface area contributed by atoms with Crippen LogP contribution in [0.5, 0.6) is 5.75 Å². The van der Waals surface area contributed by atoms with Crippen molar-refractivity contribution in [2.24, 2.45) is 11.5 Å². The average molecular weight is 469 g/mol. The fraction of sp³-hybridized carbons (Fsp3) is 0.318. The summed E-state index contributed by atoms with van der Waals surface area (Å²) in [6.45, 7) is 4.00. The lowest BCUT2D eigenvalue weighted by Gasteiger charge is -2.11. The number of rotatable bonds is 7. The minimum absolute atomic E-state index is 0.0651. The topological polar surface area (TPSA) is 160 Å². The Bertz CT molecular complexity index is 928. The number of hydrogen-bond acceptors (Lipinski definition) is 6. The number of alkyl halides is 3. The maximum Gasteiger partial charge on any atom is 0.573 e. The molecule has 2 aromatic rings. The Morgan fingerprint density at radius 2 is 1.45 bits per heavy atom. The highest BCUT2D eigenvalue weighted by molar-refractivity contribution is 5.73. The first kappa shape index (κ1) is 29.4. The van der Waals surface area contributed by atoms with Crippen molar-refractivity contribution in [2.75, 3.05) is 0 Å². The largest absolute Gasteiger partial charge is 0.573 e. The molecule has 8 nitrogen and oxygen atoms in total. The zero-order chi connectivity index (χ0) is 25.6. The van der Waals surface area contributed by atoms with E-state index in [0.717, 1.165) is 17.7 Å². The van der Waals surface area contributed by atoms with Crippen LogP contribution in [0.4, 0.5) is 13.2 Å². The van der Waals surface area contributed by atoms with Gasteiger partial charge in [0.25, 0.3) is 0 Å². The predicted octanol–water partition coefficient (Wildman–Crippen LogP) is 3.08. The molecule has 11 heteroatoms. The van der Waals surface area contributed by atoms with Crippen molar-refractivity contribution >= 4 is 11.9 Å². The molecule has 0 aromatic heterocycles. The van der Waals surface area contributed by atoms with Crippen LogP contribution < -0.4 is 16.2 Å². The van der Waals surface area contributed by atoms with Crippen LogP contribution in [-0.4, -0.2) is 40.6 Å². The van der Waals surface area contributed by atoms with Crippen molar-refractivity contribution in [3.63, 3.8) is 0 Å². The van der Waals surface area contributed by atoms with Crippen LogP contribution in [0.3, 0.4) is 0 Å². The smallest absolute Gasteiger partial charge is 0.480 e. The molecule has 6 N–H and O–H groups in total. The maximum absolute atomic E-state index is 11.9. The summed E-state index contributed by atoms with van der Waals surface area (Å²) < 4.78 is 39.5. The molecule has 0 saturated carbocycles. The number of halogens is 3. The number of benzene rings is 2. The summed E-state index contributed by atoms with van der Waals surface area (Å²) in [4.78, 5) is 20.9. The quantitative estimate of drug-likeness (QED) is 0.481. The molecule has 2 unspecified atom stereocenters. The Morgan fingerprint density at radius 1 is 0.970 bits per heavy atom. The molecule has 2 rings (SSSR count). The van der Waals surface area contributed by atoms with Gasteiger partial charge in [0.15, 0.2) is 0 Å². The van der Waals surface area contributed by atoms with Crippen LogP contribution in [0.1, 0.15) is 30.5 Å². The summed E-state index contributed by atoms with van der Waals surface area (Å²) in [6, 6.07) is 11.7. The number of carbonyl (C=O) groups is 2. The summed E-state index contributed by atoms with van der Waals surface area (Å²) in [7, 11) is 0. The molecule has 0 amide bonds. The Labute approximate surface area is 189 Å². The Hall–Kier alpha value is -3.62. The number of aliphatic carboxylic acids is 2. The van der Waals surface area contributed by atoms with Crippen molar-refractivity contribution in [3.05, 3.63) is 65.2 Å². The molecule has 0 aliphatic heterocycles. The summed E-state index contributed by atoms with van der Waals surface area (Å²) in [5, 5.41) is 25.7. The Balaban J connectivity index is 0.000000586. The number of carboxylic acids is 2. The van der Waals surface area contributed by atoms with Crippen LogP contribution in [0.15, 0.2) is 48.5 Å². The van der Waals surface area contributed by atoms with E-state index in [-0.39, 0.29) is 12.8 Å². The van der Waals surface area contributed by atoms with Gasteiger partial charge in [0.05, 0.1) is 11.6 Å². The molecule has 0 aliphatic carbocycles. The van der Waals surface area contributed by atoms with Gasteiger partial charge in [-0.1, -0.05) is 38.1 Å². The number of hydrogen-bond donors (Lipinski definition) is 4. The van der Waals surface area contributed by atoms with Gasteiger partial charge < -0.3 is 26.4 Å². The Kier molecular flexibility index (Phi) is 12.9. The lowest BCUT2D eigenvalue weighted by Crippen LogP contribution is -2.32. The first-order chi connectivity index (χ1) is 15.4. The summed E-state index contributed by atoms with van der Waals surface area (Å²) >= 11 is 0. The molecule has 0 heterocycles. The lowest BCUT2D eigenvalue weighted by atomic mass is 10.1. The van der Waals surface area contributed by atoms with Gasteiger partial charge in [0, 0.05) is 0 Å². The van der Waals surface area contributed by atoms with E-state index < -0.39 is 36.1 Å². The zero-order valence-electron chi connectivity index (χ0n) is 18.0. The van der Waals surface area contributed by atoms with Crippen molar-refractivity contribution in [1.82, 2.24) is 0 Å². The highest BCUT2D eigenvalue weighted by atomic mass is 19.4. The monoisotopic (exact) mass is 469 g/mol. The van der Waals surface area contributed by atoms with Crippen molar-refractivity contribution in [1.29, 1.82) is 5.26 Å². The first-order valence-electron chi connectivity index (χ1n) is 9.71. The van der Waals surface area contributed by atoms with E-state index in [9.17, 15) is 22.8 Å². The minimum Gasteiger partial charge on any atom is -0.480 e. The van der Waals surface area contributed by atoms with E-state index in [1.165, 1.54) is 12.1 Å². The van der Waals surface area contributed by atoms with Gasteiger partial charge in [0.1, 0.15) is 17.8 Å². The second kappa shape index (κ2) is 14.4. The summed E-state index contributed by atoms with van der Waals surface area (Å²) in [5.74, 6) is -2.63. The van der Waals surface area contributed by atoms with Gasteiger partial charge >= 0.3 is 18.3 Å². The number of nitrogens with zero attached hydrogens (tertiary/aromatic N) is 1. The SMILES string of the molecule is CC.N#Cc1ccc(CC(N)C(=O)O)cc1.NC(Cc1cccc(OC(F)(F)F)c1)C(=O)O. The van der Waals surface area contributed by atoms with Gasteiger partial charge in [-0.15, -0.1) is 13.2 Å². The lowest BCUT2D eigenvalue weighted by molar-refractivity contribution is -0.274. The van der Waals surface area contributed by atoms with Crippen LogP contribution >= 0.6 is 0 Å². The van der Waals surface area contributed by atoms with E-state index in [1.54, 1.807) is 24.3 Å². The van der Waals surface area contributed by atoms with E-state index in [2.05, 4.69) is 4.74 Å². The van der Waals surface area contributed by atoms with Gasteiger partial charge in [0.2, 0.25) is 0 Å². The van der Waals surface area contributed by atoms with E-state index >= 15 is 0 Å². The Morgan fingerprint density at radius 3 is 1.88 bits per heavy atom. The predicted molar refractivity (Wildman–Crippen MR) is 114 cm³/mol. The van der Waals surface area contributed by atoms with Crippen molar-refractivity contribution < 1.29 is 37.7 Å². The molecule has 0 aliphatic rings. The van der Waals surface area contributed by atoms with Crippen LogP contribution in [0.25, 0.3) is 0 Å². The van der Waals surface area contributed by atoms with Crippen LogP contribution in [0.2, 0.25) is 0 Å². The van der Waals surface area contributed by atoms with E-state index in [0.29, 0.717) is 11.1 Å². The average Bonchev–Trinajstić information content (AvgIpc) is 2.75. The van der Waals surface area contributed by atoms with Gasteiger partial charge in [-0.05, 0) is 48.2 Å². The third-order valence-electron chi connectivity index (χ3n) is 3.76. The molecule has 33 heavy (non-hydrogen) atoms. The van der Waals surface area contributed by atoms with Crippen LogP contribution in [-0.2, 0) is 22.4 Å². The number of nitrogens with two attached hydrogens (primary N) is 2. The summed E-state index contributed by atoms with van der Waals surface area (Å²) in [6.07, 6.45) is -4.56. The molecule has 2 aromatic carbocycles.